The molecule has 3 aromatic carbocycles. The molecule has 0 radical (unpaired) electrons. The lowest BCUT2D eigenvalue weighted by molar-refractivity contribution is -0.141. The van der Waals surface area contributed by atoms with Crippen molar-refractivity contribution >= 4 is 5.91 Å². The van der Waals surface area contributed by atoms with E-state index in [1.807, 2.05) is 59.5 Å². The quantitative estimate of drug-likeness (QED) is 0.424. The summed E-state index contributed by atoms with van der Waals surface area (Å²) in [6.45, 7) is 4.80. The Hall–Kier alpha value is -3.67. The first kappa shape index (κ1) is 24.5. The van der Waals surface area contributed by atoms with Crippen LogP contribution in [0.15, 0.2) is 66.7 Å². The number of carbonyl (C=O) groups is 1. The molecule has 0 spiro atoms. The van der Waals surface area contributed by atoms with Gasteiger partial charge in [-0.1, -0.05) is 37.3 Å². The highest BCUT2D eigenvalue weighted by Gasteiger charge is 2.35. The summed E-state index contributed by atoms with van der Waals surface area (Å²) in [6, 6.07) is 21.2. The molecule has 1 aliphatic heterocycles. The number of carbonyl (C=O) groups excluding carboxylic acids is 1. The SMILES string of the molecule is CCc1ccc(OCC2c3cc(OC)c(OC)cc3CCN2C(=O)C(C)Oc2ccccc2)cc1. The largest absolute Gasteiger partial charge is 0.493 e. The van der Waals surface area contributed by atoms with E-state index in [9.17, 15) is 4.79 Å². The summed E-state index contributed by atoms with van der Waals surface area (Å²) in [7, 11) is 3.25. The van der Waals surface area contributed by atoms with Gasteiger partial charge >= 0.3 is 0 Å². The van der Waals surface area contributed by atoms with Crippen molar-refractivity contribution in [2.45, 2.75) is 38.8 Å². The van der Waals surface area contributed by atoms with E-state index in [0.29, 0.717) is 36.8 Å². The monoisotopic (exact) mass is 475 g/mol. The molecule has 0 bridgehead atoms. The Balaban J connectivity index is 1.62. The second kappa shape index (κ2) is 11.2. The highest BCUT2D eigenvalue weighted by molar-refractivity contribution is 5.82. The maximum Gasteiger partial charge on any atom is 0.263 e. The molecule has 0 aliphatic carbocycles. The van der Waals surface area contributed by atoms with E-state index in [-0.39, 0.29) is 11.9 Å². The number of ether oxygens (including phenoxy) is 4. The summed E-state index contributed by atoms with van der Waals surface area (Å²) in [6.07, 6.45) is 1.05. The van der Waals surface area contributed by atoms with Gasteiger partial charge in [0.2, 0.25) is 0 Å². The zero-order chi connectivity index (χ0) is 24.8. The summed E-state index contributed by atoms with van der Waals surface area (Å²) >= 11 is 0. The molecule has 2 unspecified atom stereocenters. The molecule has 1 amide bonds. The molecule has 1 aliphatic rings. The first-order valence-corrected chi connectivity index (χ1v) is 12.0. The van der Waals surface area contributed by atoms with E-state index in [0.717, 1.165) is 23.3 Å². The number of amides is 1. The molecule has 0 saturated carbocycles. The third-order valence-corrected chi connectivity index (χ3v) is 6.43. The van der Waals surface area contributed by atoms with Crippen LogP contribution in [-0.4, -0.2) is 44.3 Å². The van der Waals surface area contributed by atoms with Crippen molar-refractivity contribution < 1.29 is 23.7 Å². The lowest BCUT2D eigenvalue weighted by atomic mass is 9.91. The first-order chi connectivity index (χ1) is 17.0. The maximum atomic E-state index is 13.6. The number of aryl methyl sites for hydroxylation is 1. The van der Waals surface area contributed by atoms with Crippen LogP contribution in [0.5, 0.6) is 23.0 Å². The Morgan fingerprint density at radius 2 is 1.66 bits per heavy atom. The zero-order valence-electron chi connectivity index (χ0n) is 20.8. The van der Waals surface area contributed by atoms with Crippen LogP contribution in [0.4, 0.5) is 0 Å². The van der Waals surface area contributed by atoms with Gasteiger partial charge in [0.25, 0.3) is 5.91 Å². The Labute approximate surface area is 207 Å². The lowest BCUT2D eigenvalue weighted by Gasteiger charge is -2.38. The lowest BCUT2D eigenvalue weighted by Crippen LogP contribution is -2.47. The van der Waals surface area contributed by atoms with Crippen molar-refractivity contribution in [2.75, 3.05) is 27.4 Å². The van der Waals surface area contributed by atoms with Crippen LogP contribution in [-0.2, 0) is 17.6 Å². The molecule has 0 N–H and O–H groups in total. The average molecular weight is 476 g/mol. The van der Waals surface area contributed by atoms with Gasteiger partial charge in [0.05, 0.1) is 20.3 Å². The molecule has 35 heavy (non-hydrogen) atoms. The van der Waals surface area contributed by atoms with Crippen molar-refractivity contribution in [2.24, 2.45) is 0 Å². The fourth-order valence-corrected chi connectivity index (χ4v) is 4.46. The van der Waals surface area contributed by atoms with Gasteiger partial charge in [0.15, 0.2) is 17.6 Å². The van der Waals surface area contributed by atoms with Gasteiger partial charge < -0.3 is 23.8 Å². The molecule has 6 heteroatoms. The minimum Gasteiger partial charge on any atom is -0.493 e. The number of hydrogen-bond acceptors (Lipinski definition) is 5. The van der Waals surface area contributed by atoms with E-state index < -0.39 is 6.10 Å². The topological polar surface area (TPSA) is 57.2 Å². The van der Waals surface area contributed by atoms with E-state index in [2.05, 4.69) is 19.1 Å². The van der Waals surface area contributed by atoms with E-state index in [1.165, 1.54) is 5.56 Å². The van der Waals surface area contributed by atoms with Gasteiger partial charge in [0, 0.05) is 6.54 Å². The summed E-state index contributed by atoms with van der Waals surface area (Å²) in [5, 5.41) is 0. The number of rotatable bonds is 9. The van der Waals surface area contributed by atoms with Gasteiger partial charge in [-0.05, 0) is 72.9 Å². The van der Waals surface area contributed by atoms with E-state index >= 15 is 0 Å². The zero-order valence-corrected chi connectivity index (χ0v) is 20.8. The molecule has 1 heterocycles. The average Bonchev–Trinajstić information content (AvgIpc) is 2.91. The predicted octanol–water partition coefficient (Wildman–Crippen LogP) is 5.24. The molecule has 0 fully saturated rings. The minimum atomic E-state index is -0.634. The van der Waals surface area contributed by atoms with Crippen LogP contribution in [0.2, 0.25) is 0 Å². The van der Waals surface area contributed by atoms with Crippen LogP contribution >= 0.6 is 0 Å². The third-order valence-electron chi connectivity index (χ3n) is 6.43. The minimum absolute atomic E-state index is 0.0794. The molecule has 2 atom stereocenters. The van der Waals surface area contributed by atoms with E-state index in [1.54, 1.807) is 21.1 Å². The summed E-state index contributed by atoms with van der Waals surface area (Å²) in [5.41, 5.74) is 3.37. The molecule has 4 rings (SSSR count). The Kier molecular flexibility index (Phi) is 7.80. The van der Waals surface area contributed by atoms with Crippen LogP contribution in [0.1, 0.15) is 36.6 Å². The highest BCUT2D eigenvalue weighted by Crippen LogP contribution is 2.39. The van der Waals surface area contributed by atoms with Gasteiger partial charge in [-0.15, -0.1) is 0 Å². The van der Waals surface area contributed by atoms with Crippen LogP contribution in [0, 0.1) is 0 Å². The standard InChI is InChI=1S/C29H33NO5/c1-5-21-11-13-23(14-12-21)34-19-26-25-18-28(33-4)27(32-3)17-22(25)15-16-30(26)29(31)20(2)35-24-9-7-6-8-10-24/h6-14,17-18,20,26H,5,15-16,19H2,1-4H3. The van der Waals surface area contributed by atoms with Crippen molar-refractivity contribution in [3.8, 4) is 23.0 Å². The number of methoxy groups -OCH3 is 2. The molecule has 6 nitrogen and oxygen atoms in total. The molecule has 0 aromatic heterocycles. The van der Waals surface area contributed by atoms with Crippen LogP contribution < -0.4 is 18.9 Å². The van der Waals surface area contributed by atoms with E-state index in [4.69, 9.17) is 18.9 Å². The molecule has 3 aromatic rings. The third kappa shape index (κ3) is 5.53. The number of benzene rings is 3. The fraction of sp³-hybridized carbons (Fsp3) is 0.345. The smallest absolute Gasteiger partial charge is 0.263 e. The predicted molar refractivity (Wildman–Crippen MR) is 136 cm³/mol. The summed E-state index contributed by atoms with van der Waals surface area (Å²) in [4.78, 5) is 15.4. The summed E-state index contributed by atoms with van der Waals surface area (Å²) < 4.78 is 23.2. The second-order valence-electron chi connectivity index (χ2n) is 8.59. The fourth-order valence-electron chi connectivity index (χ4n) is 4.46. The van der Waals surface area contributed by atoms with Gasteiger partial charge in [-0.3, -0.25) is 4.79 Å². The molecule has 184 valence electrons. The maximum absolute atomic E-state index is 13.6. The normalized spacial score (nSPS) is 15.7. The first-order valence-electron chi connectivity index (χ1n) is 12.0. The Morgan fingerprint density at radius 3 is 2.31 bits per heavy atom. The number of hydrogen-bond donors (Lipinski definition) is 0. The van der Waals surface area contributed by atoms with Crippen LogP contribution in [0.3, 0.4) is 0 Å². The van der Waals surface area contributed by atoms with Gasteiger partial charge in [-0.25, -0.2) is 0 Å². The van der Waals surface area contributed by atoms with Gasteiger partial charge in [0.1, 0.15) is 18.1 Å². The Bertz CT molecular complexity index is 1130. The number of fused-ring (bicyclic) bond motifs is 1. The molecular formula is C29H33NO5. The summed E-state index contributed by atoms with van der Waals surface area (Å²) in [5.74, 6) is 2.68. The molecule has 0 saturated heterocycles. The number of para-hydroxylation sites is 1. The second-order valence-corrected chi connectivity index (χ2v) is 8.59. The van der Waals surface area contributed by atoms with Crippen molar-refractivity contribution in [1.82, 2.24) is 4.90 Å². The van der Waals surface area contributed by atoms with Crippen molar-refractivity contribution in [3.05, 3.63) is 83.4 Å². The highest BCUT2D eigenvalue weighted by atomic mass is 16.5. The molecular weight excluding hydrogens is 442 g/mol. The van der Waals surface area contributed by atoms with Crippen molar-refractivity contribution in [3.63, 3.8) is 0 Å². The van der Waals surface area contributed by atoms with Gasteiger partial charge in [-0.2, -0.15) is 0 Å². The van der Waals surface area contributed by atoms with Crippen LogP contribution in [0.25, 0.3) is 0 Å². The number of nitrogens with zero attached hydrogens (tertiary/aromatic N) is 1. The van der Waals surface area contributed by atoms with Crippen molar-refractivity contribution in [1.29, 1.82) is 0 Å². The Morgan fingerprint density at radius 1 is 0.971 bits per heavy atom.